The number of β-lactam (4-membered cyclic amide) rings is 1. The SMILES string of the molecule is O=C1C(CCC(O)c2ccc(Cl)cc2)C(c2ccc(-c3ccccc3S(=O)(=O)O)c(O)c2)N1c1ccccc1. The zero-order valence-electron chi connectivity index (χ0n) is 20.7. The van der Waals surface area contributed by atoms with E-state index in [0.29, 0.717) is 34.7 Å². The third-order valence-electron chi connectivity index (χ3n) is 7.07. The molecule has 1 saturated heterocycles. The van der Waals surface area contributed by atoms with Crippen LogP contribution in [0, 0.1) is 5.92 Å². The van der Waals surface area contributed by atoms with E-state index in [1.165, 1.54) is 24.3 Å². The van der Waals surface area contributed by atoms with Crippen LogP contribution in [-0.2, 0) is 14.9 Å². The van der Waals surface area contributed by atoms with Crippen molar-refractivity contribution in [3.8, 4) is 16.9 Å². The lowest BCUT2D eigenvalue weighted by Gasteiger charge is -2.48. The summed E-state index contributed by atoms with van der Waals surface area (Å²) < 4.78 is 33.4. The molecular formula is C30H26ClNO6S. The van der Waals surface area contributed by atoms with Crippen LogP contribution in [0.3, 0.4) is 0 Å². The van der Waals surface area contributed by atoms with Gasteiger partial charge in [0.25, 0.3) is 10.1 Å². The summed E-state index contributed by atoms with van der Waals surface area (Å²) in [5, 5.41) is 22.3. The van der Waals surface area contributed by atoms with Gasteiger partial charge in [-0.25, -0.2) is 0 Å². The first-order chi connectivity index (χ1) is 18.6. The molecule has 1 aliphatic heterocycles. The second kappa shape index (κ2) is 10.8. The number of aliphatic hydroxyl groups is 1. The standard InChI is InChI=1S/C30H26ClNO6S/c31-21-13-10-19(11-14-21)26(33)17-16-25-29(32(30(25)35)22-6-2-1-3-7-22)20-12-15-23(27(34)18-20)24-8-4-5-9-28(24)39(36,37)38/h1-15,18,25-26,29,33-34H,16-17H2,(H,36,37,38). The Morgan fingerprint density at radius 1 is 0.872 bits per heavy atom. The summed E-state index contributed by atoms with van der Waals surface area (Å²) in [4.78, 5) is 14.7. The van der Waals surface area contributed by atoms with Gasteiger partial charge in [-0.05, 0) is 60.4 Å². The van der Waals surface area contributed by atoms with E-state index in [1.807, 2.05) is 30.3 Å². The summed E-state index contributed by atoms with van der Waals surface area (Å²) in [6, 6.07) is 26.4. The van der Waals surface area contributed by atoms with Crippen LogP contribution >= 0.6 is 11.6 Å². The average molecular weight is 564 g/mol. The molecule has 200 valence electrons. The normalized spacial score (nSPS) is 18.0. The van der Waals surface area contributed by atoms with Crippen molar-refractivity contribution in [2.75, 3.05) is 4.90 Å². The first-order valence-electron chi connectivity index (χ1n) is 12.4. The minimum Gasteiger partial charge on any atom is -0.507 e. The molecule has 0 aliphatic carbocycles. The maximum Gasteiger partial charge on any atom is 0.295 e. The molecule has 39 heavy (non-hydrogen) atoms. The fraction of sp³-hybridized carbons (Fsp3) is 0.167. The molecule has 5 rings (SSSR count). The largest absolute Gasteiger partial charge is 0.507 e. The molecule has 0 radical (unpaired) electrons. The van der Waals surface area contributed by atoms with Crippen molar-refractivity contribution in [1.29, 1.82) is 0 Å². The van der Waals surface area contributed by atoms with Gasteiger partial charge in [-0.2, -0.15) is 8.42 Å². The van der Waals surface area contributed by atoms with Crippen LogP contribution in [-0.4, -0.2) is 29.1 Å². The minimum absolute atomic E-state index is 0.0882. The number of phenols is 1. The number of carbonyl (C=O) groups excluding carboxylic acids is 1. The van der Waals surface area contributed by atoms with Crippen LogP contribution in [0.4, 0.5) is 5.69 Å². The average Bonchev–Trinajstić information content (AvgIpc) is 2.92. The van der Waals surface area contributed by atoms with E-state index in [9.17, 15) is 28.0 Å². The molecule has 4 aromatic carbocycles. The summed E-state index contributed by atoms with van der Waals surface area (Å²) >= 11 is 5.96. The Morgan fingerprint density at radius 2 is 1.54 bits per heavy atom. The number of hydrogen-bond acceptors (Lipinski definition) is 5. The number of benzene rings is 4. The zero-order chi connectivity index (χ0) is 27.7. The number of aliphatic hydroxyl groups excluding tert-OH is 1. The monoisotopic (exact) mass is 563 g/mol. The van der Waals surface area contributed by atoms with Gasteiger partial charge < -0.3 is 15.1 Å². The van der Waals surface area contributed by atoms with E-state index >= 15 is 0 Å². The molecule has 1 amide bonds. The van der Waals surface area contributed by atoms with Crippen LogP contribution in [0.1, 0.15) is 36.1 Å². The number of aromatic hydroxyl groups is 1. The fourth-order valence-electron chi connectivity index (χ4n) is 5.15. The molecule has 4 aromatic rings. The maximum absolute atomic E-state index is 13.3. The molecule has 1 fully saturated rings. The number of carbonyl (C=O) groups is 1. The van der Waals surface area contributed by atoms with Crippen molar-refractivity contribution in [2.45, 2.75) is 29.9 Å². The minimum atomic E-state index is -4.52. The van der Waals surface area contributed by atoms with E-state index in [0.717, 1.165) is 0 Å². The second-order valence-electron chi connectivity index (χ2n) is 9.49. The Hall–Kier alpha value is -3.69. The number of rotatable bonds is 8. The van der Waals surface area contributed by atoms with Gasteiger partial charge >= 0.3 is 0 Å². The smallest absolute Gasteiger partial charge is 0.295 e. The summed E-state index contributed by atoms with van der Waals surface area (Å²) in [6.07, 6.45) is -0.0116. The van der Waals surface area contributed by atoms with Gasteiger partial charge in [0.1, 0.15) is 10.6 Å². The molecule has 3 atom stereocenters. The third kappa shape index (κ3) is 5.42. The third-order valence-corrected chi connectivity index (χ3v) is 8.24. The first kappa shape index (κ1) is 26.9. The van der Waals surface area contributed by atoms with Gasteiger partial charge in [-0.15, -0.1) is 0 Å². The molecule has 3 N–H and O–H groups in total. The lowest BCUT2D eigenvalue weighted by atomic mass is 9.78. The Kier molecular flexibility index (Phi) is 7.46. The lowest BCUT2D eigenvalue weighted by molar-refractivity contribution is -0.131. The molecule has 1 aliphatic rings. The van der Waals surface area contributed by atoms with Crippen LogP contribution < -0.4 is 4.90 Å². The first-order valence-corrected chi connectivity index (χ1v) is 14.2. The van der Waals surface area contributed by atoms with Crippen molar-refractivity contribution in [3.05, 3.63) is 113 Å². The van der Waals surface area contributed by atoms with Crippen LogP contribution in [0.25, 0.3) is 11.1 Å². The maximum atomic E-state index is 13.3. The highest BCUT2D eigenvalue weighted by molar-refractivity contribution is 7.86. The molecule has 1 heterocycles. The van der Waals surface area contributed by atoms with Gasteiger partial charge in [-0.3, -0.25) is 9.35 Å². The van der Waals surface area contributed by atoms with Crippen molar-refractivity contribution < 1.29 is 28.0 Å². The number of amides is 1. The Labute approximate surface area is 231 Å². The quantitative estimate of drug-likeness (QED) is 0.174. The summed E-state index contributed by atoms with van der Waals surface area (Å²) in [6.45, 7) is 0. The van der Waals surface area contributed by atoms with Gasteiger partial charge in [0.2, 0.25) is 5.91 Å². The molecule has 7 nitrogen and oxygen atoms in total. The van der Waals surface area contributed by atoms with Crippen molar-refractivity contribution in [3.63, 3.8) is 0 Å². The second-order valence-corrected chi connectivity index (χ2v) is 11.3. The lowest BCUT2D eigenvalue weighted by Crippen LogP contribution is -2.55. The highest BCUT2D eigenvalue weighted by Crippen LogP contribution is 2.48. The fourth-order valence-corrected chi connectivity index (χ4v) is 5.98. The van der Waals surface area contributed by atoms with E-state index < -0.39 is 28.2 Å². The number of nitrogens with zero attached hydrogens (tertiary/aromatic N) is 1. The zero-order valence-corrected chi connectivity index (χ0v) is 22.3. The van der Waals surface area contributed by atoms with Crippen molar-refractivity contribution >= 4 is 33.3 Å². The van der Waals surface area contributed by atoms with E-state index in [4.69, 9.17) is 11.6 Å². The molecule has 0 aromatic heterocycles. The molecule has 9 heteroatoms. The van der Waals surface area contributed by atoms with Crippen LogP contribution in [0.5, 0.6) is 5.75 Å². The van der Waals surface area contributed by atoms with Gasteiger partial charge in [-0.1, -0.05) is 72.3 Å². The Bertz CT molecular complexity index is 1610. The highest BCUT2D eigenvalue weighted by atomic mass is 35.5. The van der Waals surface area contributed by atoms with Gasteiger partial charge in [0, 0.05) is 21.8 Å². The molecule has 0 bridgehead atoms. The Balaban J connectivity index is 1.46. The number of anilines is 1. The predicted octanol–water partition coefficient (Wildman–Crippen LogP) is 6.18. The molecular weight excluding hydrogens is 538 g/mol. The summed E-state index contributed by atoms with van der Waals surface area (Å²) in [5.74, 6) is -0.715. The number of para-hydroxylation sites is 1. The van der Waals surface area contributed by atoms with Crippen molar-refractivity contribution in [2.24, 2.45) is 5.92 Å². The van der Waals surface area contributed by atoms with E-state index in [2.05, 4.69) is 0 Å². The van der Waals surface area contributed by atoms with Gasteiger partial charge in [0.05, 0.1) is 18.1 Å². The molecule has 0 saturated carbocycles. The number of halogens is 1. The molecule has 0 spiro atoms. The number of hydrogen-bond donors (Lipinski definition) is 3. The van der Waals surface area contributed by atoms with E-state index in [1.54, 1.807) is 47.4 Å². The van der Waals surface area contributed by atoms with Crippen LogP contribution in [0.2, 0.25) is 5.02 Å². The van der Waals surface area contributed by atoms with Gasteiger partial charge in [0.15, 0.2) is 0 Å². The van der Waals surface area contributed by atoms with E-state index in [-0.39, 0.29) is 27.7 Å². The van der Waals surface area contributed by atoms with Crippen molar-refractivity contribution in [1.82, 2.24) is 0 Å². The predicted molar refractivity (Wildman–Crippen MR) is 149 cm³/mol. The topological polar surface area (TPSA) is 115 Å². The number of phenolic OH excluding ortho intramolecular Hbond substituents is 1. The summed E-state index contributed by atoms with van der Waals surface area (Å²) in [5.41, 5.74) is 2.48. The highest BCUT2D eigenvalue weighted by Gasteiger charge is 2.48. The summed E-state index contributed by atoms with van der Waals surface area (Å²) in [7, 11) is -4.52. The van der Waals surface area contributed by atoms with Crippen LogP contribution in [0.15, 0.2) is 102 Å². The molecule has 3 unspecified atom stereocenters. The Morgan fingerprint density at radius 3 is 2.21 bits per heavy atom.